The molecule has 116 valence electrons. The van der Waals surface area contributed by atoms with E-state index in [0.717, 1.165) is 5.69 Å². The Labute approximate surface area is 125 Å². The van der Waals surface area contributed by atoms with Crippen LogP contribution in [0.25, 0.3) is 0 Å². The van der Waals surface area contributed by atoms with Crippen LogP contribution in [0.15, 0.2) is 24.3 Å². The van der Waals surface area contributed by atoms with Crippen LogP contribution in [0.5, 0.6) is 5.75 Å². The predicted molar refractivity (Wildman–Crippen MR) is 82.4 cm³/mol. The highest BCUT2D eigenvalue weighted by molar-refractivity contribution is 5.77. The molecule has 2 rings (SSSR count). The first-order valence-electron chi connectivity index (χ1n) is 7.48. The standard InChI is InChI=1S/C16H24N2O3/c1-12(2)15(20)11-16(21)18-9-7-17(8-10-18)13-5-3-4-6-14(13)19/h3-6,12,15,19-20H,7-11H2,1-2H3. The summed E-state index contributed by atoms with van der Waals surface area (Å²) in [7, 11) is 0. The number of phenolic OH excluding ortho intramolecular Hbond substituents is 1. The summed E-state index contributed by atoms with van der Waals surface area (Å²) in [5.74, 6) is 0.372. The van der Waals surface area contributed by atoms with Gasteiger partial charge in [0.1, 0.15) is 5.75 Å². The summed E-state index contributed by atoms with van der Waals surface area (Å²) in [6.07, 6.45) is -0.387. The lowest BCUT2D eigenvalue weighted by Crippen LogP contribution is -2.49. The third-order valence-corrected chi connectivity index (χ3v) is 4.01. The van der Waals surface area contributed by atoms with Gasteiger partial charge in [-0.15, -0.1) is 0 Å². The van der Waals surface area contributed by atoms with Crippen molar-refractivity contribution in [3.63, 3.8) is 0 Å². The number of benzene rings is 1. The highest BCUT2D eigenvalue weighted by Crippen LogP contribution is 2.27. The number of para-hydroxylation sites is 2. The predicted octanol–water partition coefficient (Wildman–Crippen LogP) is 1.45. The van der Waals surface area contributed by atoms with Crippen molar-refractivity contribution >= 4 is 11.6 Å². The van der Waals surface area contributed by atoms with Crippen LogP contribution in [-0.2, 0) is 4.79 Å². The van der Waals surface area contributed by atoms with Gasteiger partial charge in [0, 0.05) is 26.2 Å². The first kappa shape index (κ1) is 15.6. The Bertz CT molecular complexity index is 482. The molecule has 1 fully saturated rings. The molecule has 1 saturated heterocycles. The molecular formula is C16H24N2O3. The Morgan fingerprint density at radius 1 is 1.19 bits per heavy atom. The fourth-order valence-corrected chi connectivity index (χ4v) is 2.47. The summed E-state index contributed by atoms with van der Waals surface area (Å²) in [5, 5.41) is 19.7. The van der Waals surface area contributed by atoms with E-state index in [1.807, 2.05) is 26.0 Å². The quantitative estimate of drug-likeness (QED) is 0.881. The van der Waals surface area contributed by atoms with Crippen molar-refractivity contribution in [1.29, 1.82) is 0 Å². The van der Waals surface area contributed by atoms with Crippen LogP contribution in [0.1, 0.15) is 20.3 Å². The molecule has 1 aliphatic rings. The molecule has 1 unspecified atom stereocenters. The summed E-state index contributed by atoms with van der Waals surface area (Å²) < 4.78 is 0. The van der Waals surface area contributed by atoms with Crippen LogP contribution in [-0.4, -0.2) is 53.3 Å². The van der Waals surface area contributed by atoms with Gasteiger partial charge in [-0.2, -0.15) is 0 Å². The molecule has 1 aromatic carbocycles. The molecule has 2 N–H and O–H groups in total. The Morgan fingerprint density at radius 2 is 1.81 bits per heavy atom. The van der Waals surface area contributed by atoms with Crippen molar-refractivity contribution < 1.29 is 15.0 Å². The molecule has 0 aliphatic carbocycles. The van der Waals surface area contributed by atoms with Crippen molar-refractivity contribution in [2.45, 2.75) is 26.4 Å². The number of aromatic hydroxyl groups is 1. The molecule has 0 radical (unpaired) electrons. The van der Waals surface area contributed by atoms with Crippen molar-refractivity contribution in [3.05, 3.63) is 24.3 Å². The number of rotatable bonds is 4. The number of carbonyl (C=O) groups is 1. The number of hydrogen-bond donors (Lipinski definition) is 2. The normalized spacial score (nSPS) is 17.1. The maximum absolute atomic E-state index is 12.1. The highest BCUT2D eigenvalue weighted by Gasteiger charge is 2.24. The van der Waals surface area contributed by atoms with E-state index >= 15 is 0 Å². The van der Waals surface area contributed by atoms with Gasteiger partial charge in [-0.25, -0.2) is 0 Å². The monoisotopic (exact) mass is 292 g/mol. The molecular weight excluding hydrogens is 268 g/mol. The summed E-state index contributed by atoms with van der Waals surface area (Å²) in [6.45, 7) is 6.46. The number of carbonyl (C=O) groups excluding carboxylic acids is 1. The SMILES string of the molecule is CC(C)C(O)CC(=O)N1CCN(c2ccccc2O)CC1. The number of aliphatic hydroxyl groups is 1. The topological polar surface area (TPSA) is 64.0 Å². The molecule has 0 spiro atoms. The number of phenols is 1. The number of nitrogens with zero attached hydrogens (tertiary/aromatic N) is 2. The molecule has 5 nitrogen and oxygen atoms in total. The Balaban J connectivity index is 1.89. The molecule has 1 amide bonds. The fourth-order valence-electron chi connectivity index (χ4n) is 2.47. The number of piperazine rings is 1. The summed E-state index contributed by atoms with van der Waals surface area (Å²) in [4.78, 5) is 16.0. The van der Waals surface area contributed by atoms with Crippen molar-refractivity contribution in [2.75, 3.05) is 31.1 Å². The average Bonchev–Trinajstić information content (AvgIpc) is 2.47. The lowest BCUT2D eigenvalue weighted by molar-refractivity contribution is -0.134. The van der Waals surface area contributed by atoms with E-state index in [9.17, 15) is 15.0 Å². The minimum absolute atomic E-state index is 0.00753. The van der Waals surface area contributed by atoms with Gasteiger partial charge in [-0.3, -0.25) is 4.79 Å². The van der Waals surface area contributed by atoms with Crippen LogP contribution >= 0.6 is 0 Å². The van der Waals surface area contributed by atoms with Crippen LogP contribution in [0.4, 0.5) is 5.69 Å². The second-order valence-corrected chi connectivity index (χ2v) is 5.87. The first-order valence-corrected chi connectivity index (χ1v) is 7.48. The van der Waals surface area contributed by atoms with Gasteiger partial charge in [0.2, 0.25) is 5.91 Å². The summed E-state index contributed by atoms with van der Waals surface area (Å²) in [5.41, 5.74) is 0.812. The zero-order valence-corrected chi connectivity index (χ0v) is 12.7. The van der Waals surface area contributed by atoms with E-state index in [1.54, 1.807) is 17.0 Å². The highest BCUT2D eigenvalue weighted by atomic mass is 16.3. The molecule has 5 heteroatoms. The number of anilines is 1. The van der Waals surface area contributed by atoms with Gasteiger partial charge in [0.15, 0.2) is 0 Å². The maximum atomic E-state index is 12.1. The molecule has 0 aromatic heterocycles. The van der Waals surface area contributed by atoms with E-state index in [2.05, 4.69) is 4.90 Å². The third kappa shape index (κ3) is 3.88. The molecule has 21 heavy (non-hydrogen) atoms. The van der Waals surface area contributed by atoms with Crippen LogP contribution < -0.4 is 4.90 Å². The largest absolute Gasteiger partial charge is 0.506 e. The number of aliphatic hydroxyl groups excluding tert-OH is 1. The van der Waals surface area contributed by atoms with Gasteiger partial charge in [0.25, 0.3) is 0 Å². The lowest BCUT2D eigenvalue weighted by Gasteiger charge is -2.36. The Morgan fingerprint density at radius 3 is 2.38 bits per heavy atom. The molecule has 0 saturated carbocycles. The van der Waals surface area contributed by atoms with Crippen LogP contribution in [0.3, 0.4) is 0 Å². The molecule has 1 atom stereocenters. The second kappa shape index (κ2) is 6.80. The maximum Gasteiger partial charge on any atom is 0.225 e. The number of amides is 1. The summed E-state index contributed by atoms with van der Waals surface area (Å²) >= 11 is 0. The minimum atomic E-state index is -0.575. The van der Waals surface area contributed by atoms with Crippen molar-refractivity contribution in [2.24, 2.45) is 5.92 Å². The van der Waals surface area contributed by atoms with Gasteiger partial charge in [-0.05, 0) is 18.1 Å². The van der Waals surface area contributed by atoms with Gasteiger partial charge in [-0.1, -0.05) is 26.0 Å². The molecule has 1 heterocycles. The zero-order chi connectivity index (χ0) is 15.4. The Hall–Kier alpha value is -1.75. The van der Waals surface area contributed by atoms with E-state index < -0.39 is 6.10 Å². The van der Waals surface area contributed by atoms with E-state index in [0.29, 0.717) is 26.2 Å². The average molecular weight is 292 g/mol. The van der Waals surface area contributed by atoms with Crippen molar-refractivity contribution in [3.8, 4) is 5.75 Å². The molecule has 1 aliphatic heterocycles. The number of hydrogen-bond acceptors (Lipinski definition) is 4. The summed E-state index contributed by atoms with van der Waals surface area (Å²) in [6, 6.07) is 7.25. The molecule has 0 bridgehead atoms. The van der Waals surface area contributed by atoms with E-state index in [4.69, 9.17) is 0 Å². The zero-order valence-electron chi connectivity index (χ0n) is 12.7. The lowest BCUT2D eigenvalue weighted by atomic mass is 10.0. The third-order valence-electron chi connectivity index (χ3n) is 4.01. The Kier molecular flexibility index (Phi) is 5.07. The molecule has 1 aromatic rings. The van der Waals surface area contributed by atoms with Gasteiger partial charge in [0.05, 0.1) is 18.2 Å². The van der Waals surface area contributed by atoms with Crippen LogP contribution in [0.2, 0.25) is 0 Å². The smallest absolute Gasteiger partial charge is 0.225 e. The van der Waals surface area contributed by atoms with E-state index in [-0.39, 0.29) is 24.0 Å². The van der Waals surface area contributed by atoms with Gasteiger partial charge < -0.3 is 20.0 Å². The van der Waals surface area contributed by atoms with E-state index in [1.165, 1.54) is 0 Å². The van der Waals surface area contributed by atoms with Crippen molar-refractivity contribution in [1.82, 2.24) is 4.90 Å². The minimum Gasteiger partial charge on any atom is -0.506 e. The first-order chi connectivity index (χ1) is 9.99. The van der Waals surface area contributed by atoms with Gasteiger partial charge >= 0.3 is 0 Å². The fraction of sp³-hybridized carbons (Fsp3) is 0.562. The van der Waals surface area contributed by atoms with Crippen LogP contribution in [0, 0.1) is 5.92 Å². The second-order valence-electron chi connectivity index (χ2n) is 5.87.